The zero-order valence-corrected chi connectivity index (χ0v) is 15.4. The maximum atomic E-state index is 12.8. The number of fused-ring (bicyclic) bond motifs is 1. The number of nitrogens with zero attached hydrogens (tertiary/aromatic N) is 2. The van der Waals surface area contributed by atoms with Gasteiger partial charge in [-0.15, -0.1) is 0 Å². The van der Waals surface area contributed by atoms with Crippen LogP contribution in [-0.2, 0) is 9.84 Å². The first kappa shape index (κ1) is 18.5. The van der Waals surface area contributed by atoms with Crippen LogP contribution in [0, 0.1) is 10.1 Å². The Labute approximate surface area is 155 Å². The molecule has 0 unspecified atom stereocenters. The third kappa shape index (κ3) is 3.80. The third-order valence-corrected chi connectivity index (χ3v) is 5.29. The lowest BCUT2D eigenvalue weighted by atomic mass is 10.1. The molecule has 3 aromatic rings. The number of carbonyl (C=O) groups excluding carboxylic acids is 1. The SMILES string of the molecule is CN(C(=O)c1cc([N+](=O)[O-])cc(S(C)(=O)=O)c1)c1ccc2ccccc2c1. The van der Waals surface area contributed by atoms with Crippen molar-refractivity contribution in [3.8, 4) is 0 Å². The van der Waals surface area contributed by atoms with Crippen LogP contribution in [0.25, 0.3) is 10.8 Å². The Morgan fingerprint density at radius 2 is 1.67 bits per heavy atom. The van der Waals surface area contributed by atoms with Gasteiger partial charge < -0.3 is 4.90 Å². The summed E-state index contributed by atoms with van der Waals surface area (Å²) >= 11 is 0. The van der Waals surface area contributed by atoms with Crippen molar-refractivity contribution in [1.29, 1.82) is 0 Å². The van der Waals surface area contributed by atoms with Gasteiger partial charge >= 0.3 is 0 Å². The first-order chi connectivity index (χ1) is 12.7. The van der Waals surface area contributed by atoms with Gasteiger partial charge in [0.2, 0.25) is 0 Å². The van der Waals surface area contributed by atoms with Crippen molar-refractivity contribution in [1.82, 2.24) is 0 Å². The molecule has 27 heavy (non-hydrogen) atoms. The zero-order chi connectivity index (χ0) is 19.8. The molecule has 0 spiro atoms. The number of non-ortho nitro benzene ring substituents is 1. The number of nitro groups is 1. The Bertz CT molecular complexity index is 1170. The number of carbonyl (C=O) groups is 1. The highest BCUT2D eigenvalue weighted by Crippen LogP contribution is 2.25. The van der Waals surface area contributed by atoms with Crippen LogP contribution in [0.2, 0.25) is 0 Å². The molecule has 0 aliphatic carbocycles. The number of sulfone groups is 1. The molecule has 0 aliphatic rings. The molecule has 8 heteroatoms. The molecule has 1 amide bonds. The second kappa shape index (κ2) is 6.81. The van der Waals surface area contributed by atoms with Crippen LogP contribution in [-0.4, -0.2) is 32.6 Å². The van der Waals surface area contributed by atoms with Crippen molar-refractivity contribution in [3.05, 3.63) is 76.3 Å². The lowest BCUT2D eigenvalue weighted by Crippen LogP contribution is -2.26. The van der Waals surface area contributed by atoms with Crippen molar-refractivity contribution in [2.24, 2.45) is 0 Å². The first-order valence-electron chi connectivity index (χ1n) is 7.93. The highest BCUT2D eigenvalue weighted by molar-refractivity contribution is 7.90. The number of nitro benzene ring substituents is 1. The van der Waals surface area contributed by atoms with Crippen molar-refractivity contribution in [2.45, 2.75) is 4.90 Å². The number of amides is 1. The van der Waals surface area contributed by atoms with E-state index in [1.807, 2.05) is 36.4 Å². The Morgan fingerprint density at radius 3 is 2.30 bits per heavy atom. The summed E-state index contributed by atoms with van der Waals surface area (Å²) in [6.07, 6.45) is 0.938. The molecule has 0 atom stereocenters. The van der Waals surface area contributed by atoms with Crippen molar-refractivity contribution in [3.63, 3.8) is 0 Å². The minimum Gasteiger partial charge on any atom is -0.311 e. The van der Waals surface area contributed by atoms with E-state index in [0.717, 1.165) is 35.2 Å². The predicted molar refractivity (Wildman–Crippen MR) is 103 cm³/mol. The lowest BCUT2D eigenvalue weighted by molar-refractivity contribution is -0.385. The lowest BCUT2D eigenvalue weighted by Gasteiger charge is -2.18. The van der Waals surface area contributed by atoms with E-state index in [4.69, 9.17) is 0 Å². The van der Waals surface area contributed by atoms with Gasteiger partial charge in [-0.3, -0.25) is 14.9 Å². The Hall–Kier alpha value is -3.26. The van der Waals surface area contributed by atoms with Gasteiger partial charge in [0.1, 0.15) is 0 Å². The first-order valence-corrected chi connectivity index (χ1v) is 9.82. The molecule has 138 valence electrons. The average molecular weight is 384 g/mol. The minimum absolute atomic E-state index is 0.0692. The van der Waals surface area contributed by atoms with Gasteiger partial charge in [0.25, 0.3) is 11.6 Å². The van der Waals surface area contributed by atoms with Gasteiger partial charge in [0.05, 0.1) is 9.82 Å². The second-order valence-electron chi connectivity index (χ2n) is 6.14. The van der Waals surface area contributed by atoms with Crippen molar-refractivity contribution < 1.29 is 18.1 Å². The molecule has 0 fully saturated rings. The van der Waals surface area contributed by atoms with E-state index >= 15 is 0 Å². The summed E-state index contributed by atoms with van der Waals surface area (Å²) in [5.74, 6) is -0.543. The molecule has 0 aliphatic heterocycles. The van der Waals surface area contributed by atoms with E-state index in [0.29, 0.717) is 5.69 Å². The van der Waals surface area contributed by atoms with E-state index in [1.54, 1.807) is 6.07 Å². The van der Waals surface area contributed by atoms with E-state index in [1.165, 1.54) is 11.9 Å². The topological polar surface area (TPSA) is 97.6 Å². The van der Waals surface area contributed by atoms with Crippen LogP contribution < -0.4 is 4.90 Å². The molecule has 0 heterocycles. The summed E-state index contributed by atoms with van der Waals surface area (Å²) in [5.41, 5.74) is 0.0691. The van der Waals surface area contributed by atoms with Gasteiger partial charge in [-0.2, -0.15) is 0 Å². The predicted octanol–water partition coefficient (Wildman–Crippen LogP) is 3.43. The summed E-state index contributed by atoms with van der Waals surface area (Å²) in [4.78, 5) is 24.3. The summed E-state index contributed by atoms with van der Waals surface area (Å²) in [6, 6.07) is 16.3. The van der Waals surface area contributed by atoms with E-state index in [9.17, 15) is 23.3 Å². The molecule has 7 nitrogen and oxygen atoms in total. The maximum absolute atomic E-state index is 12.8. The van der Waals surface area contributed by atoms with Crippen LogP contribution in [0.4, 0.5) is 11.4 Å². The smallest absolute Gasteiger partial charge is 0.271 e. The molecular formula is C19H16N2O5S. The third-order valence-electron chi connectivity index (χ3n) is 4.20. The van der Waals surface area contributed by atoms with Crippen LogP contribution in [0.5, 0.6) is 0 Å². The van der Waals surface area contributed by atoms with Crippen LogP contribution in [0.1, 0.15) is 10.4 Å². The number of benzene rings is 3. The number of rotatable bonds is 4. The zero-order valence-electron chi connectivity index (χ0n) is 14.6. The van der Waals surface area contributed by atoms with Gasteiger partial charge in [0, 0.05) is 36.7 Å². The van der Waals surface area contributed by atoms with Gasteiger partial charge in [-0.1, -0.05) is 30.3 Å². The number of anilines is 1. The van der Waals surface area contributed by atoms with E-state index in [2.05, 4.69) is 0 Å². The van der Waals surface area contributed by atoms with Crippen molar-refractivity contribution in [2.75, 3.05) is 18.2 Å². The van der Waals surface area contributed by atoms with Gasteiger partial charge in [-0.25, -0.2) is 8.42 Å². The largest absolute Gasteiger partial charge is 0.311 e. The Morgan fingerprint density at radius 1 is 1.00 bits per heavy atom. The summed E-state index contributed by atoms with van der Waals surface area (Å²) in [5, 5.41) is 13.1. The van der Waals surface area contributed by atoms with Crippen LogP contribution in [0.3, 0.4) is 0 Å². The minimum atomic E-state index is -3.71. The van der Waals surface area contributed by atoms with E-state index in [-0.39, 0.29) is 10.5 Å². The van der Waals surface area contributed by atoms with Crippen molar-refractivity contribution >= 4 is 37.9 Å². The Kier molecular flexibility index (Phi) is 4.67. The molecular weight excluding hydrogens is 368 g/mol. The number of hydrogen-bond acceptors (Lipinski definition) is 5. The molecule has 0 aromatic heterocycles. The maximum Gasteiger partial charge on any atom is 0.271 e. The van der Waals surface area contributed by atoms with Crippen LogP contribution >= 0.6 is 0 Å². The second-order valence-corrected chi connectivity index (χ2v) is 8.16. The standard InChI is InChI=1S/C19H16N2O5S/c1-20(16-8-7-13-5-3-4-6-14(13)9-16)19(22)15-10-17(21(23)24)12-18(11-15)27(2,25)26/h3-12H,1-2H3. The molecule has 3 aromatic carbocycles. The summed E-state index contributed by atoms with van der Waals surface area (Å²) in [6.45, 7) is 0. The fourth-order valence-corrected chi connectivity index (χ4v) is 3.40. The molecule has 0 saturated carbocycles. The van der Waals surface area contributed by atoms with E-state index < -0.39 is 26.4 Å². The van der Waals surface area contributed by atoms with Gasteiger partial charge in [0.15, 0.2) is 9.84 Å². The fraction of sp³-hybridized carbons (Fsp3) is 0.105. The molecule has 0 N–H and O–H groups in total. The number of hydrogen-bond donors (Lipinski definition) is 0. The monoisotopic (exact) mass is 384 g/mol. The molecule has 0 radical (unpaired) electrons. The summed E-state index contributed by atoms with van der Waals surface area (Å²) < 4.78 is 23.6. The normalized spacial score (nSPS) is 11.3. The Balaban J connectivity index is 2.05. The average Bonchev–Trinajstić information content (AvgIpc) is 2.65. The molecule has 0 bridgehead atoms. The van der Waals surface area contributed by atoms with Crippen LogP contribution in [0.15, 0.2) is 65.6 Å². The molecule has 0 saturated heterocycles. The van der Waals surface area contributed by atoms with Gasteiger partial charge in [-0.05, 0) is 29.0 Å². The fourth-order valence-electron chi connectivity index (χ4n) is 2.72. The quantitative estimate of drug-likeness (QED) is 0.507. The summed E-state index contributed by atoms with van der Waals surface area (Å²) in [7, 11) is -2.18. The highest BCUT2D eigenvalue weighted by atomic mass is 32.2. The molecule has 3 rings (SSSR count). The highest BCUT2D eigenvalue weighted by Gasteiger charge is 2.21.